The van der Waals surface area contributed by atoms with Gasteiger partial charge in [0.2, 0.25) is 5.91 Å². The fourth-order valence-corrected chi connectivity index (χ4v) is 2.55. The molecule has 4 heteroatoms. The second kappa shape index (κ2) is 4.84. The number of nitriles is 1. The van der Waals surface area contributed by atoms with Crippen LogP contribution >= 0.6 is 0 Å². The first kappa shape index (κ1) is 11.4. The summed E-state index contributed by atoms with van der Waals surface area (Å²) in [6, 6.07) is 2.32. The topological polar surface area (TPSA) is 62.1 Å². The highest BCUT2D eigenvalue weighted by molar-refractivity contribution is 5.86. The van der Waals surface area contributed by atoms with Crippen LogP contribution in [0.15, 0.2) is 0 Å². The first-order chi connectivity index (χ1) is 7.77. The lowest BCUT2D eigenvalue weighted by atomic mass is 9.86. The fraction of sp³-hybridized carbons (Fsp3) is 0.833. The average Bonchev–Trinajstić information content (AvgIpc) is 2.80. The van der Waals surface area contributed by atoms with E-state index < -0.39 is 5.41 Å². The minimum Gasteiger partial charge on any atom is -0.379 e. The minimum atomic E-state index is -0.753. The lowest BCUT2D eigenvalue weighted by molar-refractivity contribution is -0.129. The summed E-state index contributed by atoms with van der Waals surface area (Å²) < 4.78 is 5.31. The average molecular weight is 222 g/mol. The minimum absolute atomic E-state index is 0.0806. The summed E-state index contributed by atoms with van der Waals surface area (Å²) in [5.41, 5.74) is -0.753. The zero-order valence-corrected chi connectivity index (χ0v) is 9.50. The van der Waals surface area contributed by atoms with Crippen LogP contribution in [0.25, 0.3) is 0 Å². The van der Waals surface area contributed by atoms with E-state index in [9.17, 15) is 10.1 Å². The zero-order valence-electron chi connectivity index (χ0n) is 9.50. The van der Waals surface area contributed by atoms with Gasteiger partial charge in [-0.1, -0.05) is 12.8 Å². The van der Waals surface area contributed by atoms with E-state index in [1.165, 1.54) is 0 Å². The number of rotatable bonds is 2. The molecule has 1 saturated carbocycles. The molecular weight excluding hydrogens is 204 g/mol. The number of nitrogens with one attached hydrogen (secondary N) is 1. The highest BCUT2D eigenvalue weighted by Gasteiger charge is 2.42. The molecule has 1 saturated heterocycles. The van der Waals surface area contributed by atoms with Crippen LogP contribution in [0.4, 0.5) is 0 Å². The monoisotopic (exact) mass is 222 g/mol. The first-order valence-electron chi connectivity index (χ1n) is 6.07. The van der Waals surface area contributed by atoms with Gasteiger partial charge in [-0.05, 0) is 25.7 Å². The number of hydrogen-bond acceptors (Lipinski definition) is 3. The van der Waals surface area contributed by atoms with Crippen molar-refractivity contribution in [2.75, 3.05) is 13.2 Å². The number of nitrogens with zero attached hydrogens (tertiary/aromatic N) is 1. The Morgan fingerprint density at radius 3 is 2.69 bits per heavy atom. The van der Waals surface area contributed by atoms with Crippen LogP contribution in [0.5, 0.6) is 0 Å². The Morgan fingerprint density at radius 2 is 2.12 bits per heavy atom. The van der Waals surface area contributed by atoms with Gasteiger partial charge >= 0.3 is 0 Å². The van der Waals surface area contributed by atoms with Gasteiger partial charge in [-0.25, -0.2) is 0 Å². The lowest BCUT2D eigenvalue weighted by Crippen LogP contribution is -2.47. The van der Waals surface area contributed by atoms with E-state index >= 15 is 0 Å². The summed E-state index contributed by atoms with van der Waals surface area (Å²) in [6.07, 6.45) is 5.36. The fourth-order valence-electron chi connectivity index (χ4n) is 2.55. The van der Waals surface area contributed by atoms with Crippen LogP contribution < -0.4 is 5.32 Å². The lowest BCUT2D eigenvalue weighted by Gasteiger charge is -2.27. The maximum Gasteiger partial charge on any atom is 0.240 e. The summed E-state index contributed by atoms with van der Waals surface area (Å²) in [6.45, 7) is 1.38. The molecule has 1 unspecified atom stereocenters. The van der Waals surface area contributed by atoms with Crippen molar-refractivity contribution in [3.63, 3.8) is 0 Å². The predicted octanol–water partition coefficient (Wildman–Crippen LogP) is 1.37. The number of carbonyl (C=O) groups is 1. The predicted molar refractivity (Wildman–Crippen MR) is 58.5 cm³/mol. The van der Waals surface area contributed by atoms with E-state index in [1.807, 2.05) is 0 Å². The van der Waals surface area contributed by atoms with Gasteiger partial charge in [0.15, 0.2) is 0 Å². The second-order valence-electron chi connectivity index (χ2n) is 4.79. The molecule has 0 aromatic heterocycles. The van der Waals surface area contributed by atoms with Crippen LogP contribution in [0.2, 0.25) is 0 Å². The third kappa shape index (κ3) is 2.19. The van der Waals surface area contributed by atoms with Crippen molar-refractivity contribution in [1.29, 1.82) is 5.26 Å². The van der Waals surface area contributed by atoms with Gasteiger partial charge in [-0.15, -0.1) is 0 Å². The maximum absolute atomic E-state index is 12.1. The Bertz CT molecular complexity index is 297. The van der Waals surface area contributed by atoms with Crippen LogP contribution in [0, 0.1) is 16.7 Å². The summed E-state index contributed by atoms with van der Waals surface area (Å²) in [7, 11) is 0. The van der Waals surface area contributed by atoms with Crippen molar-refractivity contribution in [3.8, 4) is 6.07 Å². The van der Waals surface area contributed by atoms with Crippen molar-refractivity contribution >= 4 is 5.91 Å². The molecule has 16 heavy (non-hydrogen) atoms. The number of amides is 1. The summed E-state index contributed by atoms with van der Waals surface area (Å²) in [5, 5.41) is 12.1. The molecule has 0 spiro atoms. The molecule has 0 bridgehead atoms. The number of ether oxygens (including phenoxy) is 1. The standard InChI is InChI=1S/C12H18N2O2/c13-9-12(5-1-2-6-12)11(15)14-10-4-3-7-16-8-10/h10H,1-8H2,(H,14,15). The normalized spacial score (nSPS) is 28.3. The van der Waals surface area contributed by atoms with Crippen LogP contribution in [-0.2, 0) is 9.53 Å². The molecule has 1 aliphatic heterocycles. The number of hydrogen-bond donors (Lipinski definition) is 1. The van der Waals surface area contributed by atoms with Crippen molar-refractivity contribution in [2.24, 2.45) is 5.41 Å². The molecule has 0 aromatic rings. The van der Waals surface area contributed by atoms with Gasteiger partial charge in [-0.3, -0.25) is 4.79 Å². The van der Waals surface area contributed by atoms with Crippen molar-refractivity contribution in [2.45, 2.75) is 44.6 Å². The third-order valence-corrected chi connectivity index (χ3v) is 3.60. The third-order valence-electron chi connectivity index (χ3n) is 3.60. The quantitative estimate of drug-likeness (QED) is 0.767. The van der Waals surface area contributed by atoms with Gasteiger partial charge in [0.05, 0.1) is 18.7 Å². The van der Waals surface area contributed by atoms with Gasteiger partial charge in [0, 0.05) is 6.61 Å². The highest BCUT2D eigenvalue weighted by atomic mass is 16.5. The Hall–Kier alpha value is -1.08. The van der Waals surface area contributed by atoms with Crippen molar-refractivity contribution in [1.82, 2.24) is 5.32 Å². The molecule has 2 aliphatic rings. The Morgan fingerprint density at radius 1 is 1.38 bits per heavy atom. The molecule has 0 radical (unpaired) electrons. The van der Waals surface area contributed by atoms with Gasteiger partial charge in [0.1, 0.15) is 5.41 Å². The SMILES string of the molecule is N#CC1(C(=O)NC2CCCOC2)CCCC1. The molecule has 88 valence electrons. The van der Waals surface area contributed by atoms with Gasteiger partial charge in [0.25, 0.3) is 0 Å². The first-order valence-corrected chi connectivity index (χ1v) is 6.07. The molecule has 0 aromatic carbocycles. The van der Waals surface area contributed by atoms with Crippen LogP contribution in [-0.4, -0.2) is 25.2 Å². The smallest absolute Gasteiger partial charge is 0.240 e. The Labute approximate surface area is 96.0 Å². The van der Waals surface area contributed by atoms with E-state index in [0.29, 0.717) is 19.4 Å². The second-order valence-corrected chi connectivity index (χ2v) is 4.79. The van der Waals surface area contributed by atoms with E-state index in [-0.39, 0.29) is 11.9 Å². The largest absolute Gasteiger partial charge is 0.379 e. The Balaban J connectivity index is 1.93. The van der Waals surface area contributed by atoms with E-state index in [1.54, 1.807) is 0 Å². The maximum atomic E-state index is 12.1. The molecule has 4 nitrogen and oxygen atoms in total. The number of carbonyl (C=O) groups excluding carboxylic acids is 1. The van der Waals surface area contributed by atoms with E-state index in [2.05, 4.69) is 11.4 Å². The van der Waals surface area contributed by atoms with Crippen molar-refractivity contribution < 1.29 is 9.53 Å². The molecule has 2 fully saturated rings. The summed E-state index contributed by atoms with van der Waals surface area (Å²) in [5.74, 6) is -0.0806. The zero-order chi connectivity index (χ0) is 11.4. The summed E-state index contributed by atoms with van der Waals surface area (Å²) in [4.78, 5) is 12.1. The van der Waals surface area contributed by atoms with Crippen LogP contribution in [0.1, 0.15) is 38.5 Å². The Kier molecular flexibility index (Phi) is 3.45. The molecule has 1 amide bonds. The summed E-state index contributed by atoms with van der Waals surface area (Å²) >= 11 is 0. The van der Waals surface area contributed by atoms with E-state index in [0.717, 1.165) is 32.3 Å². The highest BCUT2D eigenvalue weighted by Crippen LogP contribution is 2.37. The molecule has 1 heterocycles. The molecule has 1 atom stereocenters. The molecular formula is C12H18N2O2. The van der Waals surface area contributed by atoms with Crippen LogP contribution in [0.3, 0.4) is 0 Å². The van der Waals surface area contributed by atoms with Gasteiger partial charge in [-0.2, -0.15) is 5.26 Å². The van der Waals surface area contributed by atoms with Crippen molar-refractivity contribution in [3.05, 3.63) is 0 Å². The molecule has 2 rings (SSSR count). The van der Waals surface area contributed by atoms with E-state index in [4.69, 9.17) is 4.74 Å². The molecule has 1 aliphatic carbocycles. The van der Waals surface area contributed by atoms with Gasteiger partial charge < -0.3 is 10.1 Å². The molecule has 1 N–H and O–H groups in total.